The highest BCUT2D eigenvalue weighted by molar-refractivity contribution is 5.93. The van der Waals surface area contributed by atoms with Gasteiger partial charge >= 0.3 is 0 Å². The first-order valence-corrected chi connectivity index (χ1v) is 5.61. The molecule has 5 heteroatoms. The summed E-state index contributed by atoms with van der Waals surface area (Å²) >= 11 is 0. The number of benzene rings is 1. The quantitative estimate of drug-likeness (QED) is 0.902. The van der Waals surface area contributed by atoms with E-state index in [-0.39, 0.29) is 17.8 Å². The second kappa shape index (κ2) is 5.00. The lowest BCUT2D eigenvalue weighted by Gasteiger charge is -2.13. The Morgan fingerprint density at radius 1 is 1.39 bits per heavy atom. The molecule has 4 nitrogen and oxygen atoms in total. The molecule has 2 rings (SSSR count). The molecule has 2 aromatic rings. The van der Waals surface area contributed by atoms with Gasteiger partial charge in [0.15, 0.2) is 0 Å². The number of amides is 1. The van der Waals surface area contributed by atoms with E-state index in [0.29, 0.717) is 5.56 Å². The van der Waals surface area contributed by atoms with Gasteiger partial charge in [0.1, 0.15) is 5.82 Å². The van der Waals surface area contributed by atoms with Crippen LogP contribution in [-0.2, 0) is 7.05 Å². The van der Waals surface area contributed by atoms with Crippen LogP contribution in [0.4, 0.5) is 4.39 Å². The number of rotatable bonds is 3. The summed E-state index contributed by atoms with van der Waals surface area (Å²) in [5.74, 6) is -0.482. The van der Waals surface area contributed by atoms with E-state index >= 15 is 0 Å². The molecule has 0 spiro atoms. The molecule has 1 atom stereocenters. The first kappa shape index (κ1) is 12.3. The molecule has 0 radical (unpaired) electrons. The first-order valence-electron chi connectivity index (χ1n) is 5.61. The Kier molecular flexibility index (Phi) is 3.41. The van der Waals surface area contributed by atoms with Crippen molar-refractivity contribution >= 4 is 5.91 Å². The smallest absolute Gasteiger partial charge is 0.254 e. The van der Waals surface area contributed by atoms with Crippen molar-refractivity contribution in [3.8, 4) is 0 Å². The Morgan fingerprint density at radius 2 is 2.06 bits per heavy atom. The maximum absolute atomic E-state index is 12.8. The van der Waals surface area contributed by atoms with E-state index in [0.717, 1.165) is 5.56 Å². The molecule has 0 saturated carbocycles. The summed E-state index contributed by atoms with van der Waals surface area (Å²) in [6.07, 6.45) is 3.15. The number of aromatic nitrogens is 2. The Bertz CT molecular complexity index is 548. The van der Waals surface area contributed by atoms with E-state index in [9.17, 15) is 9.18 Å². The second-order valence-electron chi connectivity index (χ2n) is 4.15. The number of halogens is 1. The molecule has 0 unspecified atom stereocenters. The van der Waals surface area contributed by atoms with Gasteiger partial charge in [0.05, 0.1) is 17.8 Å². The minimum absolute atomic E-state index is 0.182. The van der Waals surface area contributed by atoms with Gasteiger partial charge in [-0.2, -0.15) is 5.10 Å². The van der Waals surface area contributed by atoms with Gasteiger partial charge in [-0.1, -0.05) is 12.1 Å². The number of hydrogen-bond acceptors (Lipinski definition) is 2. The summed E-state index contributed by atoms with van der Waals surface area (Å²) in [6.45, 7) is 1.85. The van der Waals surface area contributed by atoms with Gasteiger partial charge < -0.3 is 5.32 Å². The van der Waals surface area contributed by atoms with Crippen LogP contribution >= 0.6 is 0 Å². The second-order valence-corrected chi connectivity index (χ2v) is 4.15. The number of nitrogens with one attached hydrogen (secondary N) is 1. The van der Waals surface area contributed by atoms with E-state index in [1.54, 1.807) is 30.1 Å². The van der Waals surface area contributed by atoms with Crippen LogP contribution in [0.1, 0.15) is 28.9 Å². The zero-order valence-corrected chi connectivity index (χ0v) is 10.2. The minimum atomic E-state index is -0.287. The maximum atomic E-state index is 12.8. The highest BCUT2D eigenvalue weighted by Gasteiger charge is 2.12. The fourth-order valence-electron chi connectivity index (χ4n) is 1.65. The summed E-state index contributed by atoms with van der Waals surface area (Å²) in [4.78, 5) is 11.9. The normalized spacial score (nSPS) is 12.2. The van der Waals surface area contributed by atoms with Crippen LogP contribution in [0.2, 0.25) is 0 Å². The van der Waals surface area contributed by atoms with Crippen molar-refractivity contribution in [2.45, 2.75) is 13.0 Å². The van der Waals surface area contributed by atoms with Crippen molar-refractivity contribution in [1.82, 2.24) is 15.1 Å². The van der Waals surface area contributed by atoms with Gasteiger partial charge in [-0.05, 0) is 24.6 Å². The maximum Gasteiger partial charge on any atom is 0.254 e. The average molecular weight is 247 g/mol. The summed E-state index contributed by atoms with van der Waals surface area (Å²) in [5, 5.41) is 6.77. The van der Waals surface area contributed by atoms with E-state index < -0.39 is 0 Å². The van der Waals surface area contributed by atoms with E-state index in [4.69, 9.17) is 0 Å². The zero-order chi connectivity index (χ0) is 13.1. The predicted molar refractivity (Wildman–Crippen MR) is 65.5 cm³/mol. The van der Waals surface area contributed by atoms with Crippen molar-refractivity contribution in [3.63, 3.8) is 0 Å². The van der Waals surface area contributed by atoms with Gasteiger partial charge in [0, 0.05) is 13.2 Å². The average Bonchev–Trinajstić information content (AvgIpc) is 2.76. The molecule has 1 heterocycles. The Balaban J connectivity index is 2.05. The van der Waals surface area contributed by atoms with E-state index in [1.165, 1.54) is 18.3 Å². The molecule has 1 amide bonds. The summed E-state index contributed by atoms with van der Waals surface area (Å²) in [7, 11) is 1.75. The third kappa shape index (κ3) is 2.74. The van der Waals surface area contributed by atoms with Gasteiger partial charge in [0.2, 0.25) is 0 Å². The molecule has 1 aromatic carbocycles. The van der Waals surface area contributed by atoms with Crippen LogP contribution in [0.5, 0.6) is 0 Å². The molecule has 1 aromatic heterocycles. The largest absolute Gasteiger partial charge is 0.345 e. The van der Waals surface area contributed by atoms with Gasteiger partial charge in [-0.3, -0.25) is 9.48 Å². The van der Waals surface area contributed by atoms with Crippen molar-refractivity contribution < 1.29 is 9.18 Å². The van der Waals surface area contributed by atoms with Crippen molar-refractivity contribution in [2.24, 2.45) is 7.05 Å². The Hall–Kier alpha value is -2.17. The Labute approximate surface area is 104 Å². The third-order valence-corrected chi connectivity index (χ3v) is 2.68. The summed E-state index contributed by atoms with van der Waals surface area (Å²) in [6, 6.07) is 5.88. The Morgan fingerprint density at radius 3 is 2.61 bits per heavy atom. The molecule has 0 aliphatic carbocycles. The van der Waals surface area contributed by atoms with Crippen molar-refractivity contribution in [2.75, 3.05) is 0 Å². The van der Waals surface area contributed by atoms with Crippen LogP contribution in [0.15, 0.2) is 36.7 Å². The molecule has 1 N–H and O–H groups in total. The molecular formula is C13H14FN3O. The molecule has 0 aliphatic heterocycles. The summed E-state index contributed by atoms with van der Waals surface area (Å²) < 4.78 is 14.3. The topological polar surface area (TPSA) is 46.9 Å². The molecule has 0 bridgehead atoms. The van der Waals surface area contributed by atoms with Crippen LogP contribution in [-0.4, -0.2) is 15.7 Å². The number of aryl methyl sites for hydroxylation is 1. The van der Waals surface area contributed by atoms with Crippen molar-refractivity contribution in [3.05, 3.63) is 53.6 Å². The lowest BCUT2D eigenvalue weighted by atomic mass is 10.1. The molecule has 0 aliphatic rings. The first-order chi connectivity index (χ1) is 8.56. The number of carbonyl (C=O) groups is 1. The highest BCUT2D eigenvalue weighted by Crippen LogP contribution is 2.13. The highest BCUT2D eigenvalue weighted by atomic mass is 19.1. The number of nitrogens with zero attached hydrogens (tertiary/aromatic N) is 2. The van der Waals surface area contributed by atoms with Gasteiger partial charge in [0.25, 0.3) is 5.91 Å². The predicted octanol–water partition coefficient (Wildman–Crippen LogP) is 2.05. The van der Waals surface area contributed by atoms with E-state index in [2.05, 4.69) is 10.4 Å². The minimum Gasteiger partial charge on any atom is -0.345 e. The number of carbonyl (C=O) groups excluding carboxylic acids is 1. The fourth-order valence-corrected chi connectivity index (χ4v) is 1.65. The SMILES string of the molecule is C[C@H](NC(=O)c1cnn(C)c1)c1ccc(F)cc1. The lowest BCUT2D eigenvalue weighted by molar-refractivity contribution is 0.0940. The zero-order valence-electron chi connectivity index (χ0n) is 10.2. The third-order valence-electron chi connectivity index (χ3n) is 2.68. The standard InChI is InChI=1S/C13H14FN3O/c1-9(10-3-5-12(14)6-4-10)16-13(18)11-7-15-17(2)8-11/h3-9H,1-2H3,(H,16,18)/t9-/m0/s1. The van der Waals surface area contributed by atoms with E-state index in [1.807, 2.05) is 6.92 Å². The molecule has 18 heavy (non-hydrogen) atoms. The van der Waals surface area contributed by atoms with Crippen LogP contribution in [0.3, 0.4) is 0 Å². The fraction of sp³-hybridized carbons (Fsp3) is 0.231. The lowest BCUT2D eigenvalue weighted by Crippen LogP contribution is -2.26. The van der Waals surface area contributed by atoms with Crippen LogP contribution in [0, 0.1) is 5.82 Å². The van der Waals surface area contributed by atoms with Gasteiger partial charge in [-0.15, -0.1) is 0 Å². The molecule has 0 fully saturated rings. The molecular weight excluding hydrogens is 233 g/mol. The van der Waals surface area contributed by atoms with Crippen molar-refractivity contribution in [1.29, 1.82) is 0 Å². The van der Waals surface area contributed by atoms with Crippen LogP contribution < -0.4 is 5.32 Å². The monoisotopic (exact) mass is 247 g/mol. The van der Waals surface area contributed by atoms with Gasteiger partial charge in [-0.25, -0.2) is 4.39 Å². The molecule has 94 valence electrons. The molecule has 0 saturated heterocycles. The summed E-state index contributed by atoms with van der Waals surface area (Å²) in [5.41, 5.74) is 1.36. The number of hydrogen-bond donors (Lipinski definition) is 1. The van der Waals surface area contributed by atoms with Crippen LogP contribution in [0.25, 0.3) is 0 Å².